The molecule has 0 saturated carbocycles. The molecule has 108 valence electrons. The van der Waals surface area contributed by atoms with Gasteiger partial charge in [-0.2, -0.15) is 0 Å². The molecule has 3 N–H and O–H groups in total. The van der Waals surface area contributed by atoms with Crippen molar-refractivity contribution < 1.29 is 24.1 Å². The molecule has 0 aliphatic carbocycles. The van der Waals surface area contributed by atoms with Crippen LogP contribution in [0.1, 0.15) is 18.1 Å². The van der Waals surface area contributed by atoms with Crippen LogP contribution >= 0.6 is 0 Å². The van der Waals surface area contributed by atoms with Crippen molar-refractivity contribution in [1.29, 1.82) is 0 Å². The Morgan fingerprint density at radius 1 is 1.05 bits per heavy atom. The smallest absolute Gasteiger partial charge is 0.131 e. The van der Waals surface area contributed by atoms with E-state index in [0.29, 0.717) is 13.0 Å². The first-order valence-electron chi connectivity index (χ1n) is 6.16. The van der Waals surface area contributed by atoms with Gasteiger partial charge < -0.3 is 15.3 Å². The lowest BCUT2D eigenvalue weighted by molar-refractivity contribution is 0.0902. The summed E-state index contributed by atoms with van der Waals surface area (Å²) < 4.78 is 27.0. The van der Waals surface area contributed by atoms with Gasteiger partial charge in [-0.1, -0.05) is 6.07 Å². The minimum atomic E-state index is -1.31. The monoisotopic (exact) mass is 275 g/mol. The molecule has 0 saturated heterocycles. The van der Waals surface area contributed by atoms with Crippen LogP contribution in [0, 0.1) is 11.6 Å². The van der Waals surface area contributed by atoms with Crippen molar-refractivity contribution in [2.75, 3.05) is 32.8 Å². The van der Waals surface area contributed by atoms with Crippen LogP contribution in [0.25, 0.3) is 0 Å². The summed E-state index contributed by atoms with van der Waals surface area (Å²) >= 11 is 0. The number of nitrogens with zero attached hydrogens (tertiary/aromatic N) is 1. The Morgan fingerprint density at radius 3 is 2.21 bits per heavy atom. The molecule has 6 heteroatoms. The summed E-state index contributed by atoms with van der Waals surface area (Å²) in [6.07, 6.45) is -0.849. The Balaban J connectivity index is 2.72. The molecule has 19 heavy (non-hydrogen) atoms. The predicted molar refractivity (Wildman–Crippen MR) is 66.5 cm³/mol. The molecule has 0 aromatic heterocycles. The fourth-order valence-electron chi connectivity index (χ4n) is 1.90. The predicted octanol–water partition coefficient (Wildman–Crippen LogP) is 0.675. The highest BCUT2D eigenvalue weighted by Gasteiger charge is 2.20. The molecule has 1 aromatic carbocycles. The lowest BCUT2D eigenvalue weighted by atomic mass is 10.1. The molecule has 0 spiro atoms. The summed E-state index contributed by atoms with van der Waals surface area (Å²) in [5.41, 5.74) is -0.366. The zero-order valence-corrected chi connectivity index (χ0v) is 10.6. The van der Waals surface area contributed by atoms with Gasteiger partial charge in [0.2, 0.25) is 0 Å². The highest BCUT2D eigenvalue weighted by atomic mass is 19.1. The maximum atomic E-state index is 13.5. The van der Waals surface area contributed by atoms with E-state index < -0.39 is 17.7 Å². The third-order valence-electron chi connectivity index (χ3n) is 2.81. The number of aliphatic hydroxyl groups is 3. The summed E-state index contributed by atoms with van der Waals surface area (Å²) in [6, 6.07) is 3.41. The van der Waals surface area contributed by atoms with E-state index in [1.165, 1.54) is 6.07 Å². The number of hydrogen-bond donors (Lipinski definition) is 3. The van der Waals surface area contributed by atoms with Crippen molar-refractivity contribution in [3.63, 3.8) is 0 Å². The Kier molecular flexibility index (Phi) is 6.86. The van der Waals surface area contributed by atoms with Gasteiger partial charge in [-0.25, -0.2) is 8.78 Å². The fourth-order valence-corrected chi connectivity index (χ4v) is 1.90. The van der Waals surface area contributed by atoms with Gasteiger partial charge in [-0.15, -0.1) is 0 Å². The third-order valence-corrected chi connectivity index (χ3v) is 2.81. The Bertz CT molecular complexity index is 370. The number of aliphatic hydroxyl groups excluding tert-OH is 3. The second kappa shape index (κ2) is 8.16. The number of hydrogen-bond acceptors (Lipinski definition) is 4. The topological polar surface area (TPSA) is 63.9 Å². The second-order valence-corrected chi connectivity index (χ2v) is 4.25. The van der Waals surface area contributed by atoms with Crippen molar-refractivity contribution in [3.05, 3.63) is 35.4 Å². The first kappa shape index (κ1) is 16.0. The van der Waals surface area contributed by atoms with Gasteiger partial charge in [-0.05, 0) is 18.6 Å². The van der Waals surface area contributed by atoms with Crippen LogP contribution in [0.4, 0.5) is 8.78 Å². The highest BCUT2D eigenvalue weighted by molar-refractivity contribution is 5.22. The molecular formula is C13H19F2NO3. The molecule has 1 unspecified atom stereocenters. The van der Waals surface area contributed by atoms with E-state index in [2.05, 4.69) is 0 Å². The van der Waals surface area contributed by atoms with E-state index in [1.54, 1.807) is 4.90 Å². The zero-order valence-electron chi connectivity index (χ0n) is 10.6. The van der Waals surface area contributed by atoms with Gasteiger partial charge in [0.1, 0.15) is 11.6 Å². The van der Waals surface area contributed by atoms with E-state index in [9.17, 15) is 13.9 Å². The maximum Gasteiger partial charge on any atom is 0.131 e. The minimum absolute atomic E-state index is 0.00157. The molecule has 1 aromatic rings. The highest BCUT2D eigenvalue weighted by Crippen LogP contribution is 2.21. The number of rotatable bonds is 8. The fraction of sp³-hybridized carbons (Fsp3) is 0.538. The van der Waals surface area contributed by atoms with E-state index in [0.717, 1.165) is 12.1 Å². The van der Waals surface area contributed by atoms with E-state index in [-0.39, 0.29) is 31.9 Å². The average Bonchev–Trinajstić information content (AvgIpc) is 2.36. The minimum Gasteiger partial charge on any atom is -0.396 e. The molecule has 0 aliphatic heterocycles. The molecule has 0 aliphatic rings. The van der Waals surface area contributed by atoms with Crippen LogP contribution in [0.5, 0.6) is 0 Å². The van der Waals surface area contributed by atoms with Crippen molar-refractivity contribution in [3.8, 4) is 0 Å². The van der Waals surface area contributed by atoms with Crippen LogP contribution < -0.4 is 0 Å². The van der Waals surface area contributed by atoms with Crippen molar-refractivity contribution in [2.45, 2.75) is 12.5 Å². The molecule has 1 rings (SSSR count). The van der Waals surface area contributed by atoms with Crippen LogP contribution in [-0.4, -0.2) is 53.1 Å². The van der Waals surface area contributed by atoms with Gasteiger partial charge >= 0.3 is 0 Å². The van der Waals surface area contributed by atoms with Crippen molar-refractivity contribution in [2.24, 2.45) is 0 Å². The molecule has 1 atom stereocenters. The van der Waals surface area contributed by atoms with Crippen LogP contribution in [0.3, 0.4) is 0 Å². The van der Waals surface area contributed by atoms with Crippen LogP contribution in [0.2, 0.25) is 0 Å². The quantitative estimate of drug-likeness (QED) is 0.652. The molecule has 0 amide bonds. The molecule has 0 radical (unpaired) electrons. The lowest BCUT2D eigenvalue weighted by Crippen LogP contribution is -2.33. The van der Waals surface area contributed by atoms with Crippen LogP contribution in [0.15, 0.2) is 18.2 Å². The van der Waals surface area contributed by atoms with Gasteiger partial charge in [0.15, 0.2) is 0 Å². The summed E-state index contributed by atoms with van der Waals surface area (Å²) in [7, 11) is 0. The summed E-state index contributed by atoms with van der Waals surface area (Å²) in [5, 5.41) is 27.6. The second-order valence-electron chi connectivity index (χ2n) is 4.25. The zero-order chi connectivity index (χ0) is 14.3. The maximum absolute atomic E-state index is 13.5. The SMILES string of the molecule is OCCCN(CCO)CC(O)c1c(F)cccc1F. The summed E-state index contributed by atoms with van der Waals surface area (Å²) in [6.45, 7) is 0.555. The molecular weight excluding hydrogens is 256 g/mol. The van der Waals surface area contributed by atoms with Crippen LogP contribution in [-0.2, 0) is 0 Å². The van der Waals surface area contributed by atoms with E-state index >= 15 is 0 Å². The largest absolute Gasteiger partial charge is 0.396 e. The van der Waals surface area contributed by atoms with Gasteiger partial charge in [0.05, 0.1) is 18.3 Å². The normalized spacial score (nSPS) is 12.9. The van der Waals surface area contributed by atoms with Gasteiger partial charge in [0, 0.05) is 26.2 Å². The Labute approximate surface area is 110 Å². The van der Waals surface area contributed by atoms with Gasteiger partial charge in [0.25, 0.3) is 0 Å². The van der Waals surface area contributed by atoms with E-state index in [4.69, 9.17) is 10.2 Å². The average molecular weight is 275 g/mol. The first-order chi connectivity index (χ1) is 9.10. The molecule has 4 nitrogen and oxygen atoms in total. The standard InChI is InChI=1S/C13H19F2NO3/c14-10-3-1-4-11(15)13(10)12(19)9-16(6-8-18)5-2-7-17/h1,3-4,12,17-19H,2,5-9H2. The molecule has 0 fully saturated rings. The molecule has 0 heterocycles. The third kappa shape index (κ3) is 4.83. The summed E-state index contributed by atoms with van der Waals surface area (Å²) in [4.78, 5) is 1.65. The lowest BCUT2D eigenvalue weighted by Gasteiger charge is -2.24. The van der Waals surface area contributed by atoms with Gasteiger partial charge in [-0.3, -0.25) is 4.90 Å². The number of benzene rings is 1. The number of halogens is 2. The first-order valence-corrected chi connectivity index (χ1v) is 6.16. The summed E-state index contributed by atoms with van der Waals surface area (Å²) in [5.74, 6) is -1.59. The Hall–Kier alpha value is -1.08. The van der Waals surface area contributed by atoms with E-state index in [1.807, 2.05) is 0 Å². The van der Waals surface area contributed by atoms with Crippen molar-refractivity contribution in [1.82, 2.24) is 4.90 Å². The molecule has 0 bridgehead atoms. The van der Waals surface area contributed by atoms with Crippen molar-refractivity contribution >= 4 is 0 Å². The Morgan fingerprint density at radius 2 is 1.68 bits per heavy atom.